The lowest BCUT2D eigenvalue weighted by Gasteiger charge is -2.45. The Kier molecular flexibility index (Phi) is 4.57. The predicted octanol–water partition coefficient (Wildman–Crippen LogP) is 3.62. The Morgan fingerprint density at radius 2 is 1.85 bits per heavy atom. The molecule has 1 aliphatic rings. The number of nitrogens with zero attached hydrogens (tertiary/aromatic N) is 1. The summed E-state index contributed by atoms with van der Waals surface area (Å²) in [6.07, 6.45) is 5.31. The van der Waals surface area contributed by atoms with Crippen LogP contribution >= 0.6 is 11.3 Å². The van der Waals surface area contributed by atoms with Gasteiger partial charge in [0.1, 0.15) is 0 Å². The summed E-state index contributed by atoms with van der Waals surface area (Å²) >= 11 is 1.77. The molecule has 1 aromatic rings. The standard InChI is InChI=1S/C16H28N2OS/c1-11-12(2)20-14(18-11)10-13(17)16(19-5)8-6-15(3,4)7-9-16/h13H,6-10,17H2,1-5H3. The van der Waals surface area contributed by atoms with E-state index in [1.165, 1.54) is 17.7 Å². The predicted molar refractivity (Wildman–Crippen MR) is 85.3 cm³/mol. The van der Waals surface area contributed by atoms with Crippen LogP contribution in [0.5, 0.6) is 0 Å². The first-order valence-electron chi connectivity index (χ1n) is 7.52. The van der Waals surface area contributed by atoms with Gasteiger partial charge in [0.15, 0.2) is 0 Å². The summed E-state index contributed by atoms with van der Waals surface area (Å²) in [4.78, 5) is 5.92. The number of aryl methyl sites for hydroxylation is 2. The molecule has 3 nitrogen and oxygen atoms in total. The Morgan fingerprint density at radius 3 is 2.30 bits per heavy atom. The fourth-order valence-corrected chi connectivity index (χ4v) is 4.07. The molecule has 2 rings (SSSR count). The zero-order valence-electron chi connectivity index (χ0n) is 13.5. The van der Waals surface area contributed by atoms with Crippen LogP contribution in [0.25, 0.3) is 0 Å². The quantitative estimate of drug-likeness (QED) is 0.923. The highest BCUT2D eigenvalue weighted by atomic mass is 32.1. The molecule has 0 spiro atoms. The monoisotopic (exact) mass is 296 g/mol. The van der Waals surface area contributed by atoms with E-state index in [9.17, 15) is 0 Å². The highest BCUT2D eigenvalue weighted by Crippen LogP contribution is 2.43. The molecule has 4 heteroatoms. The lowest BCUT2D eigenvalue weighted by molar-refractivity contribution is -0.0781. The van der Waals surface area contributed by atoms with Gasteiger partial charge >= 0.3 is 0 Å². The van der Waals surface area contributed by atoms with Crippen molar-refractivity contribution in [3.05, 3.63) is 15.6 Å². The molecule has 1 aromatic heterocycles. The average Bonchev–Trinajstić information content (AvgIpc) is 2.69. The molecule has 1 fully saturated rings. The summed E-state index contributed by atoms with van der Waals surface area (Å²) in [6.45, 7) is 8.87. The molecule has 2 N–H and O–H groups in total. The summed E-state index contributed by atoms with van der Waals surface area (Å²) in [6, 6.07) is 0.0357. The molecule has 0 amide bonds. The fourth-order valence-electron chi connectivity index (χ4n) is 3.08. The van der Waals surface area contributed by atoms with Gasteiger partial charge in [0.2, 0.25) is 0 Å². The molecular weight excluding hydrogens is 268 g/mol. The van der Waals surface area contributed by atoms with Crippen molar-refractivity contribution < 1.29 is 4.74 Å². The molecule has 0 radical (unpaired) electrons. The van der Waals surface area contributed by atoms with Gasteiger partial charge in [0.05, 0.1) is 16.3 Å². The third-order valence-corrected chi connectivity index (χ3v) is 6.09. The Morgan fingerprint density at radius 1 is 1.25 bits per heavy atom. The molecular formula is C16H28N2OS. The van der Waals surface area contributed by atoms with Crippen molar-refractivity contribution in [2.45, 2.75) is 71.4 Å². The molecule has 0 bridgehead atoms. The van der Waals surface area contributed by atoms with E-state index in [1.54, 1.807) is 11.3 Å². The molecule has 1 atom stereocenters. The molecule has 1 heterocycles. The minimum atomic E-state index is -0.164. The van der Waals surface area contributed by atoms with Crippen molar-refractivity contribution in [1.29, 1.82) is 0 Å². The molecule has 114 valence electrons. The van der Waals surface area contributed by atoms with Gasteiger partial charge in [0, 0.05) is 24.4 Å². The number of nitrogens with two attached hydrogens (primary N) is 1. The van der Waals surface area contributed by atoms with Crippen LogP contribution in [0.4, 0.5) is 0 Å². The largest absolute Gasteiger partial charge is 0.377 e. The van der Waals surface area contributed by atoms with Gasteiger partial charge in [-0.05, 0) is 44.9 Å². The summed E-state index contributed by atoms with van der Waals surface area (Å²) in [5.41, 5.74) is 7.91. The number of hydrogen-bond donors (Lipinski definition) is 1. The van der Waals surface area contributed by atoms with Crippen LogP contribution in [0.3, 0.4) is 0 Å². The van der Waals surface area contributed by atoms with E-state index < -0.39 is 0 Å². The molecule has 0 saturated heterocycles. The van der Waals surface area contributed by atoms with E-state index in [0.717, 1.165) is 30.0 Å². The smallest absolute Gasteiger partial charge is 0.0947 e. The van der Waals surface area contributed by atoms with Gasteiger partial charge in [-0.2, -0.15) is 0 Å². The maximum Gasteiger partial charge on any atom is 0.0947 e. The van der Waals surface area contributed by atoms with Gasteiger partial charge < -0.3 is 10.5 Å². The summed E-state index contributed by atoms with van der Waals surface area (Å²) in [5, 5.41) is 1.15. The minimum absolute atomic E-state index is 0.0357. The number of aromatic nitrogens is 1. The maximum absolute atomic E-state index is 6.52. The normalized spacial score (nSPS) is 22.7. The first-order chi connectivity index (χ1) is 9.28. The van der Waals surface area contributed by atoms with Crippen molar-refractivity contribution in [3.8, 4) is 0 Å². The van der Waals surface area contributed by atoms with E-state index in [2.05, 4.69) is 32.7 Å². The number of rotatable bonds is 4. The van der Waals surface area contributed by atoms with Crippen LogP contribution in [0.2, 0.25) is 0 Å². The molecule has 1 saturated carbocycles. The van der Waals surface area contributed by atoms with Crippen LogP contribution in [0.15, 0.2) is 0 Å². The van der Waals surface area contributed by atoms with Crippen LogP contribution < -0.4 is 5.73 Å². The van der Waals surface area contributed by atoms with Crippen LogP contribution in [-0.2, 0) is 11.2 Å². The fraction of sp³-hybridized carbons (Fsp3) is 0.812. The third-order valence-electron chi connectivity index (χ3n) is 5.00. The highest BCUT2D eigenvalue weighted by molar-refractivity contribution is 7.11. The van der Waals surface area contributed by atoms with E-state index in [4.69, 9.17) is 10.5 Å². The van der Waals surface area contributed by atoms with Gasteiger partial charge in [-0.3, -0.25) is 0 Å². The third kappa shape index (κ3) is 3.23. The molecule has 20 heavy (non-hydrogen) atoms. The Bertz CT molecular complexity index is 438. The van der Waals surface area contributed by atoms with E-state index in [1.807, 2.05) is 7.11 Å². The highest BCUT2D eigenvalue weighted by Gasteiger charge is 2.43. The van der Waals surface area contributed by atoms with Gasteiger partial charge in [-0.25, -0.2) is 4.98 Å². The minimum Gasteiger partial charge on any atom is -0.377 e. The topological polar surface area (TPSA) is 48.1 Å². The van der Waals surface area contributed by atoms with Crippen molar-refractivity contribution >= 4 is 11.3 Å². The lowest BCUT2D eigenvalue weighted by Crippen LogP contribution is -2.53. The molecule has 0 aromatic carbocycles. The van der Waals surface area contributed by atoms with E-state index >= 15 is 0 Å². The van der Waals surface area contributed by atoms with Crippen molar-refractivity contribution in [3.63, 3.8) is 0 Å². The Labute approximate surface area is 126 Å². The van der Waals surface area contributed by atoms with Crippen LogP contribution in [-0.4, -0.2) is 23.7 Å². The molecule has 1 aliphatic carbocycles. The van der Waals surface area contributed by atoms with Crippen LogP contribution in [0, 0.1) is 19.3 Å². The number of ether oxygens (including phenoxy) is 1. The second-order valence-electron chi connectivity index (χ2n) is 6.99. The second-order valence-corrected chi connectivity index (χ2v) is 8.28. The van der Waals surface area contributed by atoms with Crippen molar-refractivity contribution in [1.82, 2.24) is 4.98 Å². The number of methoxy groups -OCH3 is 1. The first-order valence-corrected chi connectivity index (χ1v) is 8.33. The molecule has 0 aliphatic heterocycles. The maximum atomic E-state index is 6.52. The van der Waals surface area contributed by atoms with Crippen LogP contribution in [0.1, 0.15) is 55.1 Å². The van der Waals surface area contributed by atoms with Crippen molar-refractivity contribution in [2.75, 3.05) is 7.11 Å². The average molecular weight is 296 g/mol. The van der Waals surface area contributed by atoms with Gasteiger partial charge in [0.25, 0.3) is 0 Å². The van der Waals surface area contributed by atoms with E-state index in [0.29, 0.717) is 5.41 Å². The zero-order chi connectivity index (χ0) is 15.0. The number of hydrogen-bond acceptors (Lipinski definition) is 4. The van der Waals surface area contributed by atoms with E-state index in [-0.39, 0.29) is 11.6 Å². The number of thiazole rings is 1. The summed E-state index contributed by atoms with van der Waals surface area (Å²) < 4.78 is 5.89. The second kappa shape index (κ2) is 5.74. The molecule has 1 unspecified atom stereocenters. The van der Waals surface area contributed by atoms with Gasteiger partial charge in [-0.15, -0.1) is 11.3 Å². The summed E-state index contributed by atoms with van der Waals surface area (Å²) in [7, 11) is 1.82. The van der Waals surface area contributed by atoms with Crippen molar-refractivity contribution in [2.24, 2.45) is 11.1 Å². The first kappa shape index (κ1) is 15.9. The zero-order valence-corrected chi connectivity index (χ0v) is 14.3. The lowest BCUT2D eigenvalue weighted by atomic mass is 9.68. The SMILES string of the molecule is COC1(C(N)Cc2nc(C)c(C)s2)CCC(C)(C)CC1. The summed E-state index contributed by atoms with van der Waals surface area (Å²) in [5.74, 6) is 0. The Balaban J connectivity index is 2.07. The van der Waals surface area contributed by atoms with Gasteiger partial charge in [-0.1, -0.05) is 13.8 Å². The Hall–Kier alpha value is -0.450.